The Bertz CT molecular complexity index is 1230. The summed E-state index contributed by atoms with van der Waals surface area (Å²) in [5, 5.41) is 10.00. The highest BCUT2D eigenvalue weighted by atomic mass is 32.2. The number of hydrogen-bond donors (Lipinski definition) is 2. The fourth-order valence-electron chi connectivity index (χ4n) is 3.75. The van der Waals surface area contributed by atoms with Crippen LogP contribution in [0, 0.1) is 22.6 Å². The molecule has 2 aromatic carbocycles. The van der Waals surface area contributed by atoms with Gasteiger partial charge in [-0.05, 0) is 55.0 Å². The van der Waals surface area contributed by atoms with Crippen LogP contribution in [0.5, 0.6) is 11.5 Å². The molecule has 1 saturated heterocycles. The monoisotopic (exact) mass is 423 g/mol. The van der Waals surface area contributed by atoms with Gasteiger partial charge in [-0.25, -0.2) is 13.7 Å². The van der Waals surface area contributed by atoms with E-state index in [0.29, 0.717) is 22.0 Å². The van der Waals surface area contributed by atoms with Crippen molar-refractivity contribution in [1.82, 2.24) is 14.3 Å². The first-order valence-electron chi connectivity index (χ1n) is 9.63. The predicted octanol–water partition coefficient (Wildman–Crippen LogP) is 4.19. The summed E-state index contributed by atoms with van der Waals surface area (Å²) in [5.74, 6) is -0.584. The van der Waals surface area contributed by atoms with Gasteiger partial charge < -0.3 is 14.4 Å². The van der Waals surface area contributed by atoms with Gasteiger partial charge in [0.15, 0.2) is 11.6 Å². The van der Waals surface area contributed by atoms with Crippen LogP contribution in [-0.4, -0.2) is 27.4 Å². The Hall–Kier alpha value is -3.09. The van der Waals surface area contributed by atoms with E-state index in [1.807, 2.05) is 6.07 Å². The minimum absolute atomic E-state index is 0.0722. The summed E-state index contributed by atoms with van der Waals surface area (Å²) in [5.41, 5.74) is 1.22. The number of fused-ring (bicyclic) bond motifs is 1. The van der Waals surface area contributed by atoms with Crippen LogP contribution in [0.25, 0.3) is 10.9 Å². The number of nitrogens with one attached hydrogen (secondary N) is 2. The Kier molecular flexibility index (Phi) is 4.60. The number of rotatable bonds is 5. The molecular formula is C21H18FN5O2S. The van der Waals surface area contributed by atoms with E-state index in [-0.39, 0.29) is 22.6 Å². The van der Waals surface area contributed by atoms with Gasteiger partial charge in [-0.1, -0.05) is 0 Å². The molecule has 1 saturated carbocycles. The van der Waals surface area contributed by atoms with E-state index < -0.39 is 5.82 Å². The molecule has 1 spiro atoms. The number of anilines is 1. The number of hydrogen-bond acceptors (Lipinski definition) is 7. The minimum atomic E-state index is -0.652. The van der Waals surface area contributed by atoms with Gasteiger partial charge in [-0.3, -0.25) is 4.79 Å². The third kappa shape index (κ3) is 3.49. The number of aromatic amines is 1. The number of nitriles is 1. The first-order valence-corrected chi connectivity index (χ1v) is 10.4. The van der Waals surface area contributed by atoms with Gasteiger partial charge in [0.05, 0.1) is 22.9 Å². The zero-order valence-corrected chi connectivity index (χ0v) is 16.8. The normalized spacial score (nSPS) is 17.2. The SMILES string of the molecule is N#Cc1c(NSN2CCC3(CC3)C2)ccc(F)c1Oc1ccc2nc[nH]c(=O)c2c1. The fourth-order valence-corrected chi connectivity index (χ4v) is 4.67. The van der Waals surface area contributed by atoms with Crippen LogP contribution in [-0.2, 0) is 0 Å². The van der Waals surface area contributed by atoms with Gasteiger partial charge in [0.25, 0.3) is 5.56 Å². The number of ether oxygens (including phenoxy) is 1. The predicted molar refractivity (Wildman–Crippen MR) is 113 cm³/mol. The van der Waals surface area contributed by atoms with Crippen LogP contribution in [0.15, 0.2) is 41.5 Å². The fraction of sp³-hybridized carbons (Fsp3) is 0.286. The topological polar surface area (TPSA) is 94.0 Å². The highest BCUT2D eigenvalue weighted by Gasteiger charge is 2.47. The van der Waals surface area contributed by atoms with Crippen molar-refractivity contribution >= 4 is 28.7 Å². The van der Waals surface area contributed by atoms with Crippen LogP contribution in [0.3, 0.4) is 0 Å². The van der Waals surface area contributed by atoms with Crippen LogP contribution >= 0.6 is 12.1 Å². The maximum atomic E-state index is 14.5. The standard InChI is InChI=1S/C21H18FN5O2S/c22-16-2-4-18(26-30-27-8-7-21(11-27)5-6-21)15(10-23)19(16)29-13-1-3-17-14(9-13)20(28)25-12-24-17/h1-4,9,12,26H,5-8,11H2,(H,24,25,28). The maximum absolute atomic E-state index is 14.5. The lowest BCUT2D eigenvalue weighted by Crippen LogP contribution is -2.15. The number of halogens is 1. The number of aromatic nitrogens is 2. The average Bonchev–Trinajstić information content (AvgIpc) is 3.39. The molecule has 0 bridgehead atoms. The smallest absolute Gasteiger partial charge is 0.258 e. The summed E-state index contributed by atoms with van der Waals surface area (Å²) in [7, 11) is 0. The van der Waals surface area contributed by atoms with Gasteiger partial charge >= 0.3 is 0 Å². The van der Waals surface area contributed by atoms with E-state index >= 15 is 0 Å². The maximum Gasteiger partial charge on any atom is 0.258 e. The molecule has 3 aromatic rings. The molecule has 0 atom stereocenters. The largest absolute Gasteiger partial charge is 0.453 e. The van der Waals surface area contributed by atoms with Crippen molar-refractivity contribution in [3.05, 3.63) is 58.4 Å². The second kappa shape index (κ2) is 7.31. The van der Waals surface area contributed by atoms with E-state index in [1.54, 1.807) is 12.1 Å². The molecule has 7 nitrogen and oxygen atoms in total. The lowest BCUT2D eigenvalue weighted by Gasteiger charge is -2.17. The van der Waals surface area contributed by atoms with E-state index in [0.717, 1.165) is 13.1 Å². The van der Waals surface area contributed by atoms with Crippen LogP contribution in [0.2, 0.25) is 0 Å². The Balaban J connectivity index is 1.40. The number of H-pyrrole nitrogens is 1. The zero-order chi connectivity index (χ0) is 20.7. The Labute approximate surface area is 176 Å². The molecule has 2 fully saturated rings. The van der Waals surface area contributed by atoms with Crippen molar-refractivity contribution in [2.45, 2.75) is 19.3 Å². The Morgan fingerprint density at radius 3 is 2.93 bits per heavy atom. The van der Waals surface area contributed by atoms with Crippen molar-refractivity contribution in [3.8, 4) is 17.6 Å². The highest BCUT2D eigenvalue weighted by Crippen LogP contribution is 2.53. The lowest BCUT2D eigenvalue weighted by atomic mass is 10.1. The molecule has 2 heterocycles. The third-order valence-corrected chi connectivity index (χ3v) is 6.58. The van der Waals surface area contributed by atoms with Crippen molar-refractivity contribution in [2.24, 2.45) is 5.41 Å². The molecule has 2 aliphatic rings. The van der Waals surface area contributed by atoms with E-state index in [4.69, 9.17) is 4.74 Å². The molecular weight excluding hydrogens is 405 g/mol. The molecule has 1 aliphatic carbocycles. The van der Waals surface area contributed by atoms with Gasteiger partial charge in [-0.15, -0.1) is 0 Å². The highest BCUT2D eigenvalue weighted by molar-refractivity contribution is 7.98. The second-order valence-electron chi connectivity index (χ2n) is 7.73. The first-order chi connectivity index (χ1) is 14.6. The molecule has 0 unspecified atom stereocenters. The lowest BCUT2D eigenvalue weighted by molar-refractivity contribution is 0.441. The van der Waals surface area contributed by atoms with Gasteiger partial charge in [0, 0.05) is 25.2 Å². The molecule has 1 aliphatic heterocycles. The van der Waals surface area contributed by atoms with Crippen LogP contribution < -0.4 is 15.0 Å². The van der Waals surface area contributed by atoms with Gasteiger partial charge in [0.2, 0.25) is 0 Å². The Morgan fingerprint density at radius 2 is 2.17 bits per heavy atom. The molecule has 5 rings (SSSR count). The number of nitrogens with zero attached hydrogens (tertiary/aromatic N) is 3. The number of benzene rings is 2. The average molecular weight is 423 g/mol. The second-order valence-corrected chi connectivity index (χ2v) is 8.63. The molecule has 0 radical (unpaired) electrons. The van der Waals surface area contributed by atoms with Crippen molar-refractivity contribution in [3.63, 3.8) is 0 Å². The first kappa shape index (κ1) is 18.9. The third-order valence-electron chi connectivity index (χ3n) is 5.70. The van der Waals surface area contributed by atoms with Crippen molar-refractivity contribution < 1.29 is 9.13 Å². The minimum Gasteiger partial charge on any atom is -0.453 e. The summed E-state index contributed by atoms with van der Waals surface area (Å²) < 4.78 is 25.7. The summed E-state index contributed by atoms with van der Waals surface area (Å²) in [4.78, 5) is 18.6. The van der Waals surface area contributed by atoms with E-state index in [2.05, 4.69) is 19.0 Å². The van der Waals surface area contributed by atoms with Gasteiger partial charge in [0.1, 0.15) is 17.4 Å². The Morgan fingerprint density at radius 1 is 1.30 bits per heavy atom. The molecule has 1 aromatic heterocycles. The molecule has 152 valence electrons. The van der Waals surface area contributed by atoms with Crippen LogP contribution in [0.1, 0.15) is 24.8 Å². The molecule has 9 heteroatoms. The molecule has 2 N–H and O–H groups in total. The summed E-state index contributed by atoms with van der Waals surface area (Å²) in [6, 6.07) is 9.52. The van der Waals surface area contributed by atoms with Crippen molar-refractivity contribution in [1.29, 1.82) is 5.26 Å². The van der Waals surface area contributed by atoms with Crippen LogP contribution in [0.4, 0.5) is 10.1 Å². The van der Waals surface area contributed by atoms with Gasteiger partial charge in [-0.2, -0.15) is 5.26 Å². The zero-order valence-electron chi connectivity index (χ0n) is 15.9. The molecule has 0 amide bonds. The van der Waals surface area contributed by atoms with E-state index in [9.17, 15) is 14.4 Å². The quantitative estimate of drug-likeness (QED) is 0.594. The summed E-state index contributed by atoms with van der Waals surface area (Å²) in [6.07, 6.45) is 5.08. The summed E-state index contributed by atoms with van der Waals surface area (Å²) >= 11 is 1.43. The van der Waals surface area contributed by atoms with E-state index in [1.165, 1.54) is 55.9 Å². The van der Waals surface area contributed by atoms with Crippen molar-refractivity contribution in [2.75, 3.05) is 17.8 Å². The summed E-state index contributed by atoms with van der Waals surface area (Å²) in [6.45, 7) is 2.01. The molecule has 30 heavy (non-hydrogen) atoms.